The van der Waals surface area contributed by atoms with Gasteiger partial charge in [0, 0.05) is 0 Å². The van der Waals surface area contributed by atoms with Crippen molar-refractivity contribution in [1.82, 2.24) is 4.72 Å². The summed E-state index contributed by atoms with van der Waals surface area (Å²) in [6.45, 7) is 3.61. The number of aryl methyl sites for hydroxylation is 2. The first-order chi connectivity index (χ1) is 10.8. The topological polar surface area (TPSA) is 86.7 Å². The summed E-state index contributed by atoms with van der Waals surface area (Å²) in [6.07, 6.45) is 0. The predicted molar refractivity (Wildman–Crippen MR) is 87.4 cm³/mol. The third-order valence-electron chi connectivity index (χ3n) is 3.62. The predicted octanol–water partition coefficient (Wildman–Crippen LogP) is 1.86. The normalized spacial score (nSPS) is 16.4. The number of amides is 1. The fraction of sp³-hybridized carbons (Fsp3) is 0.188. The lowest BCUT2D eigenvalue weighted by Gasteiger charge is -2.17. The molecule has 0 unspecified atom stereocenters. The first kappa shape index (κ1) is 15.4. The van der Waals surface area contributed by atoms with Gasteiger partial charge in [0.15, 0.2) is 0 Å². The van der Waals surface area contributed by atoms with Crippen LogP contribution < -0.4 is 9.03 Å². The zero-order valence-corrected chi connectivity index (χ0v) is 13.5. The molecule has 2 N–H and O–H groups in total. The van der Waals surface area contributed by atoms with Gasteiger partial charge in [0.1, 0.15) is 12.3 Å². The maximum absolute atomic E-state index is 12.0. The van der Waals surface area contributed by atoms with Crippen LogP contribution in [0.25, 0.3) is 11.1 Å². The Morgan fingerprint density at radius 3 is 2.26 bits per heavy atom. The molecular weight excluding hydrogens is 316 g/mol. The van der Waals surface area contributed by atoms with E-state index < -0.39 is 16.1 Å². The van der Waals surface area contributed by atoms with Gasteiger partial charge in [-0.15, -0.1) is 0 Å². The van der Waals surface area contributed by atoms with E-state index in [9.17, 15) is 18.3 Å². The second-order valence-corrected chi connectivity index (χ2v) is 7.21. The Morgan fingerprint density at radius 1 is 1.04 bits per heavy atom. The van der Waals surface area contributed by atoms with Crippen molar-refractivity contribution < 1.29 is 18.3 Å². The highest BCUT2D eigenvalue weighted by molar-refractivity contribution is 7.92. The van der Waals surface area contributed by atoms with Gasteiger partial charge in [0.25, 0.3) is 5.91 Å². The van der Waals surface area contributed by atoms with E-state index in [-0.39, 0.29) is 18.0 Å². The SMILES string of the molecule is Cc1cc(C)cc(-c2ccc(O)c(N3CC(=O)NS3(=O)=O)c2)c1. The zero-order chi connectivity index (χ0) is 16.8. The van der Waals surface area contributed by atoms with E-state index in [4.69, 9.17) is 0 Å². The lowest BCUT2D eigenvalue weighted by atomic mass is 10.00. The van der Waals surface area contributed by atoms with Crippen molar-refractivity contribution >= 4 is 21.8 Å². The molecule has 2 aromatic rings. The largest absolute Gasteiger partial charge is 0.506 e. The summed E-state index contributed by atoms with van der Waals surface area (Å²) >= 11 is 0. The minimum Gasteiger partial charge on any atom is -0.506 e. The van der Waals surface area contributed by atoms with Gasteiger partial charge >= 0.3 is 10.2 Å². The summed E-state index contributed by atoms with van der Waals surface area (Å²) in [5.41, 5.74) is 3.93. The molecule has 1 aliphatic heterocycles. The summed E-state index contributed by atoms with van der Waals surface area (Å²) in [7, 11) is -3.95. The third kappa shape index (κ3) is 2.87. The number of nitrogens with zero attached hydrogens (tertiary/aromatic N) is 1. The molecule has 1 heterocycles. The van der Waals surface area contributed by atoms with E-state index in [1.165, 1.54) is 6.07 Å². The summed E-state index contributed by atoms with van der Waals surface area (Å²) in [6, 6.07) is 10.7. The number of aromatic hydroxyl groups is 1. The summed E-state index contributed by atoms with van der Waals surface area (Å²) in [5.74, 6) is -0.820. The highest BCUT2D eigenvalue weighted by Gasteiger charge is 2.35. The van der Waals surface area contributed by atoms with E-state index in [0.717, 1.165) is 26.6 Å². The number of benzene rings is 2. The Labute approximate surface area is 134 Å². The summed E-state index contributed by atoms with van der Waals surface area (Å²) < 4.78 is 26.7. The molecule has 1 amide bonds. The summed E-state index contributed by atoms with van der Waals surface area (Å²) in [5, 5.41) is 10.0. The Balaban J connectivity index is 2.12. The minimum atomic E-state index is -3.95. The molecule has 0 bridgehead atoms. The Bertz CT molecular complexity index is 886. The maximum Gasteiger partial charge on any atom is 0.326 e. The first-order valence-corrected chi connectivity index (χ1v) is 8.45. The number of phenols is 1. The number of hydrogen-bond acceptors (Lipinski definition) is 4. The third-order valence-corrected chi connectivity index (χ3v) is 5.01. The van der Waals surface area contributed by atoms with Crippen LogP contribution >= 0.6 is 0 Å². The van der Waals surface area contributed by atoms with E-state index >= 15 is 0 Å². The zero-order valence-electron chi connectivity index (χ0n) is 12.7. The van der Waals surface area contributed by atoms with Crippen molar-refractivity contribution in [2.24, 2.45) is 0 Å². The average Bonchev–Trinajstić information content (AvgIpc) is 2.71. The molecule has 0 aromatic heterocycles. The molecule has 2 aromatic carbocycles. The maximum atomic E-state index is 12.0. The van der Waals surface area contributed by atoms with Gasteiger partial charge in [0.2, 0.25) is 0 Å². The van der Waals surface area contributed by atoms with E-state index in [2.05, 4.69) is 0 Å². The Kier molecular flexibility index (Phi) is 3.52. The van der Waals surface area contributed by atoms with Crippen LogP contribution in [0.2, 0.25) is 0 Å². The molecule has 23 heavy (non-hydrogen) atoms. The highest BCUT2D eigenvalue weighted by atomic mass is 32.2. The van der Waals surface area contributed by atoms with Crippen molar-refractivity contribution in [1.29, 1.82) is 0 Å². The molecule has 1 saturated heterocycles. The van der Waals surface area contributed by atoms with Crippen LogP contribution in [0.15, 0.2) is 36.4 Å². The standard InChI is InChI=1S/C16H16N2O4S/c1-10-5-11(2)7-13(6-10)12-3-4-15(19)14(8-12)18-9-16(20)17-23(18,21)22/h3-8,19H,9H2,1-2H3,(H,17,20). The lowest BCUT2D eigenvalue weighted by molar-refractivity contribution is -0.117. The van der Waals surface area contributed by atoms with Crippen LogP contribution in [0, 0.1) is 13.8 Å². The molecule has 6 nitrogen and oxygen atoms in total. The smallest absolute Gasteiger partial charge is 0.326 e. The number of carbonyl (C=O) groups is 1. The van der Waals surface area contributed by atoms with Gasteiger partial charge in [-0.2, -0.15) is 8.42 Å². The molecule has 120 valence electrons. The van der Waals surface area contributed by atoms with Crippen molar-refractivity contribution in [2.75, 3.05) is 10.8 Å². The quantitative estimate of drug-likeness (QED) is 0.879. The minimum absolute atomic E-state index is 0.0833. The Morgan fingerprint density at radius 2 is 1.70 bits per heavy atom. The lowest BCUT2D eigenvalue weighted by Crippen LogP contribution is -2.29. The van der Waals surface area contributed by atoms with Gasteiger partial charge in [-0.1, -0.05) is 35.4 Å². The molecule has 1 aliphatic rings. The fourth-order valence-electron chi connectivity index (χ4n) is 2.71. The Hall–Kier alpha value is -2.54. The van der Waals surface area contributed by atoms with Gasteiger partial charge in [0.05, 0.1) is 5.69 Å². The molecule has 0 aliphatic carbocycles. The van der Waals surface area contributed by atoms with Crippen molar-refractivity contribution in [3.8, 4) is 16.9 Å². The van der Waals surface area contributed by atoms with E-state index in [1.807, 2.05) is 36.8 Å². The van der Waals surface area contributed by atoms with Gasteiger partial charge in [-0.3, -0.25) is 4.79 Å². The van der Waals surface area contributed by atoms with Gasteiger partial charge < -0.3 is 5.11 Å². The number of rotatable bonds is 2. The van der Waals surface area contributed by atoms with E-state index in [0.29, 0.717) is 0 Å². The average molecular weight is 332 g/mol. The monoisotopic (exact) mass is 332 g/mol. The van der Waals surface area contributed by atoms with E-state index in [1.54, 1.807) is 12.1 Å². The molecule has 0 radical (unpaired) electrons. The molecule has 7 heteroatoms. The molecule has 0 spiro atoms. The van der Waals surface area contributed by atoms with Crippen LogP contribution in [-0.2, 0) is 15.0 Å². The van der Waals surface area contributed by atoms with Crippen molar-refractivity contribution in [2.45, 2.75) is 13.8 Å². The van der Waals surface area contributed by atoms with Gasteiger partial charge in [-0.25, -0.2) is 9.03 Å². The number of hydrogen-bond donors (Lipinski definition) is 2. The first-order valence-electron chi connectivity index (χ1n) is 7.01. The van der Waals surface area contributed by atoms with Crippen LogP contribution in [0.1, 0.15) is 11.1 Å². The fourth-order valence-corrected chi connectivity index (χ4v) is 3.86. The van der Waals surface area contributed by atoms with Crippen LogP contribution in [0.4, 0.5) is 5.69 Å². The molecule has 0 saturated carbocycles. The second-order valence-electron chi connectivity index (χ2n) is 5.62. The number of carbonyl (C=O) groups excluding carboxylic acids is 1. The van der Waals surface area contributed by atoms with Crippen molar-refractivity contribution in [3.05, 3.63) is 47.5 Å². The molecular formula is C16H16N2O4S. The second kappa shape index (κ2) is 5.27. The van der Waals surface area contributed by atoms with Crippen LogP contribution in [-0.4, -0.2) is 26.0 Å². The number of anilines is 1. The molecule has 1 fully saturated rings. The van der Waals surface area contributed by atoms with Crippen molar-refractivity contribution in [3.63, 3.8) is 0 Å². The number of nitrogens with one attached hydrogen (secondary N) is 1. The van der Waals surface area contributed by atoms with Crippen LogP contribution in [0.3, 0.4) is 0 Å². The van der Waals surface area contributed by atoms with Crippen LogP contribution in [0.5, 0.6) is 5.75 Å². The molecule has 0 atom stereocenters. The van der Waals surface area contributed by atoms with Gasteiger partial charge in [-0.05, 0) is 37.1 Å². The molecule has 3 rings (SSSR count). The number of phenolic OH excluding ortho intramolecular Hbond substituents is 1. The highest BCUT2D eigenvalue weighted by Crippen LogP contribution is 2.35. The summed E-state index contributed by atoms with van der Waals surface area (Å²) in [4.78, 5) is 11.4.